The van der Waals surface area contributed by atoms with E-state index < -0.39 is 0 Å². The minimum absolute atomic E-state index is 0.0222. The van der Waals surface area contributed by atoms with E-state index in [1.54, 1.807) is 12.1 Å². The summed E-state index contributed by atoms with van der Waals surface area (Å²) in [6, 6.07) is 10.2. The Kier molecular flexibility index (Phi) is 4.78. The summed E-state index contributed by atoms with van der Waals surface area (Å²) in [5.41, 5.74) is 0.912. The highest BCUT2D eigenvalue weighted by atomic mass is 32.1. The lowest BCUT2D eigenvalue weighted by atomic mass is 9.94. The first kappa shape index (κ1) is 16.1. The van der Waals surface area contributed by atoms with E-state index >= 15 is 0 Å². The standard InChI is InChI=1S/C18H20FNO2S/c1-12-2-3-13(11-21)10-20(12)18(22)17-9-8-16(23-17)14-4-6-15(19)7-5-14/h4-9,12-13,21H,2-3,10-11H2,1H3. The van der Waals surface area contributed by atoms with E-state index in [9.17, 15) is 14.3 Å². The van der Waals surface area contributed by atoms with Crippen molar-refractivity contribution in [2.24, 2.45) is 5.92 Å². The van der Waals surface area contributed by atoms with Gasteiger partial charge in [-0.25, -0.2) is 4.39 Å². The molecule has 1 N–H and O–H groups in total. The monoisotopic (exact) mass is 333 g/mol. The van der Waals surface area contributed by atoms with Crippen molar-refractivity contribution in [2.45, 2.75) is 25.8 Å². The fourth-order valence-corrected chi connectivity index (χ4v) is 3.95. The molecular weight excluding hydrogens is 313 g/mol. The molecule has 0 radical (unpaired) electrons. The summed E-state index contributed by atoms with van der Waals surface area (Å²) in [6.45, 7) is 2.79. The lowest BCUT2D eigenvalue weighted by molar-refractivity contribution is 0.0493. The Labute approximate surface area is 139 Å². The number of hydrogen-bond donors (Lipinski definition) is 1. The van der Waals surface area contributed by atoms with Gasteiger partial charge >= 0.3 is 0 Å². The molecule has 2 unspecified atom stereocenters. The molecule has 3 nitrogen and oxygen atoms in total. The molecule has 1 aliphatic heterocycles. The number of piperidine rings is 1. The number of carbonyl (C=O) groups is 1. The number of hydrogen-bond acceptors (Lipinski definition) is 3. The SMILES string of the molecule is CC1CCC(CO)CN1C(=O)c1ccc(-c2ccc(F)cc2)s1. The van der Waals surface area contributed by atoms with Gasteiger partial charge in [0.2, 0.25) is 0 Å². The Morgan fingerprint density at radius 2 is 2.00 bits per heavy atom. The van der Waals surface area contributed by atoms with Gasteiger partial charge in [-0.1, -0.05) is 12.1 Å². The maximum atomic E-state index is 13.0. The number of benzene rings is 1. The third-order valence-electron chi connectivity index (χ3n) is 4.44. The number of carbonyl (C=O) groups excluding carboxylic acids is 1. The molecule has 2 heterocycles. The second-order valence-corrected chi connectivity index (χ2v) is 7.19. The van der Waals surface area contributed by atoms with Crippen LogP contribution in [0.15, 0.2) is 36.4 Å². The third kappa shape index (κ3) is 3.46. The van der Waals surface area contributed by atoms with Gasteiger partial charge in [-0.05, 0) is 55.5 Å². The lowest BCUT2D eigenvalue weighted by Gasteiger charge is -2.37. The van der Waals surface area contributed by atoms with E-state index in [4.69, 9.17) is 0 Å². The summed E-state index contributed by atoms with van der Waals surface area (Å²) < 4.78 is 13.0. The van der Waals surface area contributed by atoms with E-state index in [2.05, 4.69) is 6.92 Å². The quantitative estimate of drug-likeness (QED) is 0.928. The fourth-order valence-electron chi connectivity index (χ4n) is 2.98. The Morgan fingerprint density at radius 1 is 1.26 bits per heavy atom. The molecular formula is C18H20FNO2S. The second kappa shape index (κ2) is 6.81. The molecule has 1 saturated heterocycles. The lowest BCUT2D eigenvalue weighted by Crippen LogP contribution is -2.46. The van der Waals surface area contributed by atoms with Crippen molar-refractivity contribution in [2.75, 3.05) is 13.2 Å². The van der Waals surface area contributed by atoms with Crippen molar-refractivity contribution in [1.29, 1.82) is 0 Å². The average Bonchev–Trinajstić information content (AvgIpc) is 3.05. The second-order valence-electron chi connectivity index (χ2n) is 6.10. The summed E-state index contributed by atoms with van der Waals surface area (Å²) in [4.78, 5) is 16.3. The van der Waals surface area contributed by atoms with Crippen molar-refractivity contribution in [1.82, 2.24) is 4.90 Å². The first-order chi connectivity index (χ1) is 11.1. The third-order valence-corrected chi connectivity index (χ3v) is 5.57. The molecule has 122 valence electrons. The number of aliphatic hydroxyl groups excluding tert-OH is 1. The van der Waals surface area contributed by atoms with E-state index in [-0.39, 0.29) is 30.3 Å². The van der Waals surface area contributed by atoms with Gasteiger partial charge in [-0.2, -0.15) is 0 Å². The van der Waals surface area contributed by atoms with Crippen LogP contribution < -0.4 is 0 Å². The molecule has 1 amide bonds. The molecule has 23 heavy (non-hydrogen) atoms. The van der Waals surface area contributed by atoms with Gasteiger partial charge in [-0.15, -0.1) is 11.3 Å². The number of halogens is 1. The van der Waals surface area contributed by atoms with Crippen LogP contribution in [0.5, 0.6) is 0 Å². The zero-order chi connectivity index (χ0) is 16.4. The molecule has 0 bridgehead atoms. The Bertz CT molecular complexity index is 683. The molecule has 1 aliphatic rings. The van der Waals surface area contributed by atoms with Crippen LogP contribution in [0.25, 0.3) is 10.4 Å². The zero-order valence-electron chi connectivity index (χ0n) is 13.0. The van der Waals surface area contributed by atoms with E-state index in [0.717, 1.165) is 23.3 Å². The van der Waals surface area contributed by atoms with Crippen LogP contribution in [0.3, 0.4) is 0 Å². The van der Waals surface area contributed by atoms with Gasteiger partial charge in [0, 0.05) is 24.1 Å². The molecule has 0 saturated carbocycles. The van der Waals surface area contributed by atoms with Crippen LogP contribution >= 0.6 is 11.3 Å². The fraction of sp³-hybridized carbons (Fsp3) is 0.389. The predicted octanol–water partition coefficient (Wildman–Crippen LogP) is 3.79. The molecule has 1 fully saturated rings. The molecule has 0 aliphatic carbocycles. The normalized spacial score (nSPS) is 21.4. The molecule has 1 aromatic heterocycles. The molecule has 2 atom stereocenters. The largest absolute Gasteiger partial charge is 0.396 e. The summed E-state index contributed by atoms with van der Waals surface area (Å²) in [7, 11) is 0. The van der Waals surface area contributed by atoms with Crippen molar-refractivity contribution >= 4 is 17.2 Å². The molecule has 2 aromatic rings. The van der Waals surface area contributed by atoms with Crippen molar-refractivity contribution in [3.05, 3.63) is 47.1 Å². The van der Waals surface area contributed by atoms with Gasteiger partial charge in [0.15, 0.2) is 0 Å². The molecule has 5 heteroatoms. The van der Waals surface area contributed by atoms with Crippen molar-refractivity contribution in [3.63, 3.8) is 0 Å². The van der Waals surface area contributed by atoms with E-state index in [1.165, 1.54) is 23.5 Å². The predicted molar refractivity (Wildman–Crippen MR) is 90.0 cm³/mol. The van der Waals surface area contributed by atoms with E-state index in [0.29, 0.717) is 11.4 Å². The van der Waals surface area contributed by atoms with Crippen molar-refractivity contribution in [3.8, 4) is 10.4 Å². The number of likely N-dealkylation sites (tertiary alicyclic amines) is 1. The summed E-state index contributed by atoms with van der Waals surface area (Å²) in [5, 5.41) is 9.36. The number of aliphatic hydroxyl groups is 1. The zero-order valence-corrected chi connectivity index (χ0v) is 13.9. The Balaban J connectivity index is 1.79. The van der Waals surface area contributed by atoms with Crippen LogP contribution in [0.2, 0.25) is 0 Å². The number of thiophene rings is 1. The van der Waals surface area contributed by atoms with Gasteiger partial charge in [0.05, 0.1) is 4.88 Å². The van der Waals surface area contributed by atoms with Crippen LogP contribution in [0.1, 0.15) is 29.4 Å². The highest BCUT2D eigenvalue weighted by Crippen LogP contribution is 2.31. The number of nitrogens with zero attached hydrogens (tertiary/aromatic N) is 1. The maximum Gasteiger partial charge on any atom is 0.264 e. The minimum atomic E-state index is -0.265. The number of rotatable bonds is 3. The first-order valence-electron chi connectivity index (χ1n) is 7.86. The highest BCUT2D eigenvalue weighted by Gasteiger charge is 2.29. The van der Waals surface area contributed by atoms with Crippen LogP contribution in [0, 0.1) is 11.7 Å². The minimum Gasteiger partial charge on any atom is -0.396 e. The Morgan fingerprint density at radius 3 is 2.70 bits per heavy atom. The first-order valence-corrected chi connectivity index (χ1v) is 8.67. The maximum absolute atomic E-state index is 13.0. The summed E-state index contributed by atoms with van der Waals surface area (Å²) in [6.07, 6.45) is 1.89. The van der Waals surface area contributed by atoms with Crippen LogP contribution in [-0.2, 0) is 0 Å². The molecule has 3 rings (SSSR count). The summed E-state index contributed by atoms with van der Waals surface area (Å²) >= 11 is 1.43. The van der Waals surface area contributed by atoms with Gasteiger partial charge in [0.25, 0.3) is 5.91 Å². The van der Waals surface area contributed by atoms with Crippen molar-refractivity contribution < 1.29 is 14.3 Å². The van der Waals surface area contributed by atoms with Gasteiger partial charge in [-0.3, -0.25) is 4.79 Å². The van der Waals surface area contributed by atoms with Gasteiger partial charge in [0.1, 0.15) is 5.82 Å². The Hall–Kier alpha value is -1.72. The molecule has 0 spiro atoms. The van der Waals surface area contributed by atoms with E-state index in [1.807, 2.05) is 17.0 Å². The van der Waals surface area contributed by atoms with Crippen LogP contribution in [0.4, 0.5) is 4.39 Å². The average molecular weight is 333 g/mol. The molecule has 1 aromatic carbocycles. The summed E-state index contributed by atoms with van der Waals surface area (Å²) in [5.74, 6) is -0.0699. The van der Waals surface area contributed by atoms with Gasteiger partial charge < -0.3 is 10.0 Å². The number of amides is 1. The van der Waals surface area contributed by atoms with Crippen LogP contribution in [-0.4, -0.2) is 35.1 Å². The smallest absolute Gasteiger partial charge is 0.264 e. The topological polar surface area (TPSA) is 40.5 Å². The highest BCUT2D eigenvalue weighted by molar-refractivity contribution is 7.17.